The zero-order valence-corrected chi connectivity index (χ0v) is 10.6. The Morgan fingerprint density at radius 2 is 2.18 bits per heavy atom. The van der Waals surface area contributed by atoms with E-state index in [1.54, 1.807) is 0 Å². The van der Waals surface area contributed by atoms with Crippen molar-refractivity contribution in [3.8, 4) is 0 Å². The zero-order valence-electron chi connectivity index (χ0n) is 9.84. The summed E-state index contributed by atoms with van der Waals surface area (Å²) in [5.74, 6) is -0.645. The van der Waals surface area contributed by atoms with Crippen molar-refractivity contribution in [2.45, 2.75) is 26.3 Å². The molecule has 3 nitrogen and oxygen atoms in total. The van der Waals surface area contributed by atoms with Gasteiger partial charge in [0, 0.05) is 5.02 Å². The van der Waals surface area contributed by atoms with Gasteiger partial charge >= 0.3 is 0 Å². The number of rotatable bonds is 4. The highest BCUT2D eigenvalue weighted by Crippen LogP contribution is 2.19. The third kappa shape index (κ3) is 4.32. The lowest BCUT2D eigenvalue weighted by Gasteiger charge is -2.14. The van der Waals surface area contributed by atoms with E-state index in [1.807, 2.05) is 13.8 Å². The van der Waals surface area contributed by atoms with Gasteiger partial charge in [0.15, 0.2) is 0 Å². The fourth-order valence-corrected chi connectivity index (χ4v) is 1.59. The number of nitrogens with two attached hydrogens (primary N) is 1. The second-order valence-corrected chi connectivity index (χ2v) is 4.79. The molecule has 0 radical (unpaired) electrons. The highest BCUT2D eigenvalue weighted by Gasteiger charge is 2.16. The summed E-state index contributed by atoms with van der Waals surface area (Å²) in [6, 6.07) is 3.43. The van der Waals surface area contributed by atoms with Crippen LogP contribution in [0, 0.1) is 11.7 Å². The average molecular weight is 259 g/mol. The maximum absolute atomic E-state index is 13.4. The number of benzene rings is 1. The van der Waals surface area contributed by atoms with Crippen molar-refractivity contribution in [3.63, 3.8) is 0 Å². The van der Waals surface area contributed by atoms with E-state index in [0.29, 0.717) is 12.3 Å². The van der Waals surface area contributed by atoms with Gasteiger partial charge in [-0.1, -0.05) is 25.4 Å². The third-order valence-corrected chi connectivity index (χ3v) is 2.49. The summed E-state index contributed by atoms with van der Waals surface area (Å²) in [4.78, 5) is 11.6. The monoisotopic (exact) mass is 258 g/mol. The van der Waals surface area contributed by atoms with Crippen LogP contribution in [0.15, 0.2) is 18.2 Å². The number of nitrogens with one attached hydrogen (secondary N) is 1. The van der Waals surface area contributed by atoms with Gasteiger partial charge in [-0.3, -0.25) is 4.79 Å². The Balaban J connectivity index is 2.67. The molecule has 0 aliphatic carbocycles. The van der Waals surface area contributed by atoms with Gasteiger partial charge in [-0.2, -0.15) is 0 Å². The molecule has 17 heavy (non-hydrogen) atoms. The van der Waals surface area contributed by atoms with Crippen LogP contribution in [0.3, 0.4) is 0 Å². The summed E-state index contributed by atoms with van der Waals surface area (Å²) >= 11 is 5.61. The smallest absolute Gasteiger partial charge is 0.241 e. The van der Waals surface area contributed by atoms with Gasteiger partial charge in [0.25, 0.3) is 0 Å². The van der Waals surface area contributed by atoms with Gasteiger partial charge in [-0.05, 0) is 30.5 Å². The number of carbonyl (C=O) groups excluding carboxylic acids is 1. The van der Waals surface area contributed by atoms with Gasteiger partial charge < -0.3 is 11.1 Å². The van der Waals surface area contributed by atoms with E-state index in [4.69, 9.17) is 17.3 Å². The first-order valence-corrected chi connectivity index (χ1v) is 5.79. The molecule has 1 atom stereocenters. The molecule has 0 aliphatic rings. The predicted octanol–water partition coefficient (Wildman–Crippen LogP) is 2.79. The van der Waals surface area contributed by atoms with Gasteiger partial charge in [-0.15, -0.1) is 0 Å². The summed E-state index contributed by atoms with van der Waals surface area (Å²) in [6.07, 6.45) is 0.557. The first-order chi connectivity index (χ1) is 7.90. The number of hydrogen-bond donors (Lipinski definition) is 2. The minimum absolute atomic E-state index is 0.0959. The van der Waals surface area contributed by atoms with Crippen LogP contribution >= 0.6 is 11.6 Å². The van der Waals surface area contributed by atoms with Gasteiger partial charge in [-0.25, -0.2) is 4.39 Å². The van der Waals surface area contributed by atoms with Crippen LogP contribution < -0.4 is 11.1 Å². The molecule has 1 unspecified atom stereocenters. The Morgan fingerprint density at radius 3 is 2.71 bits per heavy atom. The van der Waals surface area contributed by atoms with Crippen molar-refractivity contribution < 1.29 is 9.18 Å². The van der Waals surface area contributed by atoms with Gasteiger partial charge in [0.1, 0.15) is 5.82 Å². The number of amides is 1. The molecule has 0 aliphatic heterocycles. The van der Waals surface area contributed by atoms with Crippen molar-refractivity contribution >= 4 is 23.2 Å². The van der Waals surface area contributed by atoms with E-state index in [2.05, 4.69) is 5.32 Å². The van der Waals surface area contributed by atoms with Crippen LogP contribution in [0.4, 0.5) is 10.1 Å². The second-order valence-electron chi connectivity index (χ2n) is 4.35. The normalized spacial score (nSPS) is 12.6. The SMILES string of the molecule is CC(C)CC(N)C(=O)Nc1ccc(Cl)cc1F. The van der Waals surface area contributed by atoms with Crippen LogP contribution in [-0.2, 0) is 4.79 Å². The summed E-state index contributed by atoms with van der Waals surface area (Å²) in [5.41, 5.74) is 5.78. The van der Waals surface area contributed by atoms with E-state index in [1.165, 1.54) is 12.1 Å². The average Bonchev–Trinajstić information content (AvgIpc) is 2.21. The van der Waals surface area contributed by atoms with Crippen LogP contribution in [-0.4, -0.2) is 11.9 Å². The lowest BCUT2D eigenvalue weighted by Crippen LogP contribution is -2.36. The molecule has 5 heteroatoms. The number of hydrogen-bond acceptors (Lipinski definition) is 2. The van der Waals surface area contributed by atoms with E-state index in [9.17, 15) is 9.18 Å². The minimum atomic E-state index is -0.634. The first kappa shape index (κ1) is 13.9. The Bertz CT molecular complexity index is 409. The number of anilines is 1. The molecular formula is C12H16ClFN2O. The molecule has 3 N–H and O–H groups in total. The Labute approximate surface area is 105 Å². The molecule has 1 amide bonds. The first-order valence-electron chi connectivity index (χ1n) is 5.41. The minimum Gasteiger partial charge on any atom is -0.322 e. The van der Waals surface area contributed by atoms with Crippen LogP contribution in [0.25, 0.3) is 0 Å². The van der Waals surface area contributed by atoms with E-state index in [0.717, 1.165) is 6.07 Å². The van der Waals surface area contributed by atoms with E-state index >= 15 is 0 Å². The van der Waals surface area contributed by atoms with E-state index < -0.39 is 11.9 Å². The molecule has 0 heterocycles. The molecule has 0 saturated heterocycles. The van der Waals surface area contributed by atoms with Gasteiger partial charge in [0.05, 0.1) is 11.7 Å². The Kier molecular flexibility index (Phi) is 4.90. The molecule has 0 saturated carbocycles. The van der Waals surface area contributed by atoms with Crippen molar-refractivity contribution in [1.29, 1.82) is 0 Å². The van der Waals surface area contributed by atoms with Crippen molar-refractivity contribution in [2.24, 2.45) is 11.7 Å². The molecule has 1 rings (SSSR count). The molecule has 1 aromatic carbocycles. The molecule has 0 spiro atoms. The second kappa shape index (κ2) is 5.98. The zero-order chi connectivity index (χ0) is 13.0. The summed E-state index contributed by atoms with van der Waals surface area (Å²) in [5, 5.41) is 2.73. The summed E-state index contributed by atoms with van der Waals surface area (Å²) in [6.45, 7) is 3.94. The lowest BCUT2D eigenvalue weighted by molar-refractivity contribution is -0.117. The maximum Gasteiger partial charge on any atom is 0.241 e. The lowest BCUT2D eigenvalue weighted by atomic mass is 10.0. The Morgan fingerprint density at radius 1 is 1.53 bits per heavy atom. The molecule has 1 aromatic rings. The van der Waals surface area contributed by atoms with Crippen LogP contribution in [0.5, 0.6) is 0 Å². The van der Waals surface area contributed by atoms with Crippen LogP contribution in [0.1, 0.15) is 20.3 Å². The summed E-state index contributed by atoms with van der Waals surface area (Å²) in [7, 11) is 0. The molecule has 0 aromatic heterocycles. The van der Waals surface area contributed by atoms with Gasteiger partial charge in [0.2, 0.25) is 5.91 Å². The van der Waals surface area contributed by atoms with Crippen molar-refractivity contribution in [1.82, 2.24) is 0 Å². The molecular weight excluding hydrogens is 243 g/mol. The number of halogens is 2. The third-order valence-electron chi connectivity index (χ3n) is 2.25. The molecule has 94 valence electrons. The quantitative estimate of drug-likeness (QED) is 0.873. The largest absolute Gasteiger partial charge is 0.322 e. The Hall–Kier alpha value is -1.13. The highest BCUT2D eigenvalue weighted by molar-refractivity contribution is 6.30. The topological polar surface area (TPSA) is 55.1 Å². The fourth-order valence-electron chi connectivity index (χ4n) is 1.43. The van der Waals surface area contributed by atoms with Crippen molar-refractivity contribution in [3.05, 3.63) is 29.0 Å². The van der Waals surface area contributed by atoms with Crippen LogP contribution in [0.2, 0.25) is 5.02 Å². The van der Waals surface area contributed by atoms with Crippen molar-refractivity contribution in [2.75, 3.05) is 5.32 Å². The molecule has 0 bridgehead atoms. The number of carbonyl (C=O) groups is 1. The van der Waals surface area contributed by atoms with E-state index in [-0.39, 0.29) is 16.6 Å². The predicted molar refractivity (Wildman–Crippen MR) is 67.5 cm³/mol. The fraction of sp³-hybridized carbons (Fsp3) is 0.417. The summed E-state index contributed by atoms with van der Waals surface area (Å²) < 4.78 is 13.4. The highest BCUT2D eigenvalue weighted by atomic mass is 35.5. The standard InChI is InChI=1S/C12H16ClFN2O/c1-7(2)5-10(15)12(17)16-11-4-3-8(13)6-9(11)14/h3-4,6-7,10H,5,15H2,1-2H3,(H,16,17). The maximum atomic E-state index is 13.4. The molecule has 0 fully saturated rings.